The summed E-state index contributed by atoms with van der Waals surface area (Å²) >= 11 is 0. The van der Waals surface area contributed by atoms with E-state index in [0.717, 1.165) is 45.0 Å². The molecular formula is C28H36N2O5. The first-order chi connectivity index (χ1) is 16.9. The number of ether oxygens (including phenoxy) is 1. The summed E-state index contributed by atoms with van der Waals surface area (Å²) in [6.45, 7) is 6.76. The fraction of sp³-hybridized carbons (Fsp3) is 0.429. The smallest absolute Gasteiger partial charge is 0.328 e. The first-order valence-corrected chi connectivity index (χ1v) is 12.2. The highest BCUT2D eigenvalue weighted by Crippen LogP contribution is 2.23. The van der Waals surface area contributed by atoms with E-state index in [4.69, 9.17) is 14.9 Å². The Bertz CT molecular complexity index is 979. The number of carboxylic acid groups (broad SMARTS) is 2. The third-order valence-electron chi connectivity index (χ3n) is 6.47. The van der Waals surface area contributed by atoms with Crippen molar-refractivity contribution in [3.63, 3.8) is 0 Å². The highest BCUT2D eigenvalue weighted by molar-refractivity contribution is 5.89. The maximum absolute atomic E-state index is 9.55. The third kappa shape index (κ3) is 9.19. The molecule has 0 bridgehead atoms. The number of hydrogen-bond donors (Lipinski definition) is 2. The predicted octanol–water partition coefficient (Wildman–Crippen LogP) is 3.99. The van der Waals surface area contributed by atoms with Gasteiger partial charge in [0.15, 0.2) is 0 Å². The minimum Gasteiger partial charge on any atom is -0.497 e. The standard InChI is InChI=1S/C24H32N2O.C4H4O4/c1-27-24-11-8-20(9-12-24)18-25-13-15-26(16-14-25)19-21-7-10-22-5-3-2-4-6-23(22)17-21;5-3(6)1-2-4(7)8/h7-12,17H,2-6,13-16,18-19H2,1H3;1-2H,(H,5,6)(H,7,8)/b;2-1-. The highest BCUT2D eigenvalue weighted by Gasteiger charge is 2.18. The Morgan fingerprint density at radius 2 is 1.29 bits per heavy atom. The lowest BCUT2D eigenvalue weighted by atomic mass is 10.00. The fourth-order valence-electron chi connectivity index (χ4n) is 4.56. The molecular weight excluding hydrogens is 444 g/mol. The zero-order valence-corrected chi connectivity index (χ0v) is 20.5. The SMILES string of the molecule is COc1ccc(CN2CCN(Cc3ccc4c(c3)CCCCC4)CC2)cc1.O=C(O)/C=C\C(=O)O. The number of carboxylic acids is 2. The molecule has 1 aliphatic heterocycles. The fourth-order valence-corrected chi connectivity index (χ4v) is 4.56. The average Bonchev–Trinajstić information content (AvgIpc) is 3.10. The molecule has 0 unspecified atom stereocenters. The van der Waals surface area contributed by atoms with Crippen molar-refractivity contribution in [1.82, 2.24) is 9.80 Å². The summed E-state index contributed by atoms with van der Waals surface area (Å²) in [7, 11) is 1.72. The number of methoxy groups -OCH3 is 1. The molecule has 1 fully saturated rings. The van der Waals surface area contributed by atoms with Gasteiger partial charge in [-0.15, -0.1) is 0 Å². The van der Waals surface area contributed by atoms with Gasteiger partial charge in [0, 0.05) is 51.4 Å². The molecule has 188 valence electrons. The Kier molecular flexibility index (Phi) is 10.3. The molecule has 35 heavy (non-hydrogen) atoms. The van der Waals surface area contributed by atoms with Crippen LogP contribution in [0.1, 0.15) is 41.5 Å². The minimum absolute atomic E-state index is 0.558. The number of aryl methyl sites for hydroxylation is 2. The monoisotopic (exact) mass is 480 g/mol. The van der Waals surface area contributed by atoms with Crippen LogP contribution in [-0.4, -0.2) is 65.2 Å². The van der Waals surface area contributed by atoms with Gasteiger partial charge in [-0.05, 0) is 60.1 Å². The van der Waals surface area contributed by atoms with E-state index in [1.807, 2.05) is 0 Å². The van der Waals surface area contributed by atoms with Crippen LogP contribution in [0.5, 0.6) is 5.75 Å². The van der Waals surface area contributed by atoms with Crippen LogP contribution in [0.2, 0.25) is 0 Å². The molecule has 7 heteroatoms. The number of piperazine rings is 1. The van der Waals surface area contributed by atoms with Gasteiger partial charge in [0.25, 0.3) is 0 Å². The Morgan fingerprint density at radius 3 is 1.83 bits per heavy atom. The summed E-state index contributed by atoms with van der Waals surface area (Å²) < 4.78 is 5.25. The van der Waals surface area contributed by atoms with Gasteiger partial charge in [-0.2, -0.15) is 0 Å². The zero-order chi connectivity index (χ0) is 25.0. The maximum Gasteiger partial charge on any atom is 0.328 e. The van der Waals surface area contributed by atoms with Crippen LogP contribution in [-0.2, 0) is 35.5 Å². The van der Waals surface area contributed by atoms with Crippen molar-refractivity contribution < 1.29 is 24.5 Å². The summed E-state index contributed by atoms with van der Waals surface area (Å²) in [6.07, 6.45) is 7.78. The van der Waals surface area contributed by atoms with E-state index in [2.05, 4.69) is 52.3 Å². The molecule has 0 spiro atoms. The second kappa shape index (κ2) is 13.7. The van der Waals surface area contributed by atoms with E-state index in [9.17, 15) is 9.59 Å². The summed E-state index contributed by atoms with van der Waals surface area (Å²) in [4.78, 5) is 24.3. The molecule has 2 aliphatic rings. The number of rotatable bonds is 7. The molecule has 2 aromatic rings. The van der Waals surface area contributed by atoms with Crippen molar-refractivity contribution in [3.8, 4) is 5.75 Å². The van der Waals surface area contributed by atoms with Crippen LogP contribution in [0.25, 0.3) is 0 Å². The van der Waals surface area contributed by atoms with Gasteiger partial charge in [0.1, 0.15) is 5.75 Å². The normalized spacial score (nSPS) is 16.6. The molecule has 0 radical (unpaired) electrons. The Hall–Kier alpha value is -3.16. The molecule has 0 atom stereocenters. The summed E-state index contributed by atoms with van der Waals surface area (Å²) in [6, 6.07) is 15.7. The van der Waals surface area contributed by atoms with Crippen molar-refractivity contribution in [2.24, 2.45) is 0 Å². The van der Waals surface area contributed by atoms with E-state index in [1.165, 1.54) is 43.2 Å². The van der Waals surface area contributed by atoms with Gasteiger partial charge >= 0.3 is 11.9 Å². The maximum atomic E-state index is 9.55. The van der Waals surface area contributed by atoms with Crippen molar-refractivity contribution in [2.45, 2.75) is 45.2 Å². The molecule has 7 nitrogen and oxygen atoms in total. The molecule has 2 aromatic carbocycles. The Morgan fingerprint density at radius 1 is 0.771 bits per heavy atom. The van der Waals surface area contributed by atoms with Gasteiger partial charge in [-0.3, -0.25) is 9.80 Å². The highest BCUT2D eigenvalue weighted by atomic mass is 16.5. The lowest BCUT2D eigenvalue weighted by molar-refractivity contribution is -0.134. The van der Waals surface area contributed by atoms with Crippen molar-refractivity contribution >= 4 is 11.9 Å². The topological polar surface area (TPSA) is 90.3 Å². The molecule has 4 rings (SSSR count). The third-order valence-corrected chi connectivity index (χ3v) is 6.47. The molecule has 1 aliphatic carbocycles. The first-order valence-electron chi connectivity index (χ1n) is 12.2. The van der Waals surface area contributed by atoms with Gasteiger partial charge in [-0.1, -0.05) is 36.8 Å². The van der Waals surface area contributed by atoms with Crippen molar-refractivity contribution in [2.75, 3.05) is 33.3 Å². The van der Waals surface area contributed by atoms with Gasteiger partial charge in [-0.25, -0.2) is 9.59 Å². The van der Waals surface area contributed by atoms with Crippen LogP contribution < -0.4 is 4.74 Å². The predicted molar refractivity (Wildman–Crippen MR) is 136 cm³/mol. The number of carbonyl (C=O) groups is 2. The van der Waals surface area contributed by atoms with Gasteiger partial charge in [0.2, 0.25) is 0 Å². The van der Waals surface area contributed by atoms with Gasteiger partial charge < -0.3 is 14.9 Å². The summed E-state index contributed by atoms with van der Waals surface area (Å²) in [5.74, 6) is -1.58. The number of nitrogens with zero attached hydrogens (tertiary/aromatic N) is 2. The second-order valence-electron chi connectivity index (χ2n) is 9.07. The van der Waals surface area contributed by atoms with Crippen LogP contribution in [0.4, 0.5) is 0 Å². The van der Waals surface area contributed by atoms with Crippen LogP contribution >= 0.6 is 0 Å². The second-order valence-corrected chi connectivity index (χ2v) is 9.07. The summed E-state index contributed by atoms with van der Waals surface area (Å²) in [5, 5.41) is 15.6. The van der Waals surface area contributed by atoms with Crippen molar-refractivity contribution in [3.05, 3.63) is 76.9 Å². The number of fused-ring (bicyclic) bond motifs is 1. The number of aliphatic carboxylic acids is 2. The molecule has 0 saturated carbocycles. The molecule has 0 aromatic heterocycles. The van der Waals surface area contributed by atoms with Gasteiger partial charge in [0.05, 0.1) is 7.11 Å². The summed E-state index contributed by atoms with van der Waals surface area (Å²) in [5.41, 5.74) is 6.08. The molecule has 2 N–H and O–H groups in total. The first kappa shape index (κ1) is 26.4. The zero-order valence-electron chi connectivity index (χ0n) is 20.5. The minimum atomic E-state index is -1.26. The lowest BCUT2D eigenvalue weighted by Gasteiger charge is -2.34. The van der Waals surface area contributed by atoms with Crippen LogP contribution in [0, 0.1) is 0 Å². The average molecular weight is 481 g/mol. The van der Waals surface area contributed by atoms with E-state index < -0.39 is 11.9 Å². The molecule has 1 saturated heterocycles. The van der Waals surface area contributed by atoms with E-state index >= 15 is 0 Å². The lowest BCUT2D eigenvalue weighted by Crippen LogP contribution is -2.45. The Balaban J connectivity index is 0.000000371. The van der Waals surface area contributed by atoms with E-state index in [0.29, 0.717) is 12.2 Å². The number of benzene rings is 2. The molecule has 0 amide bonds. The van der Waals surface area contributed by atoms with E-state index in [1.54, 1.807) is 18.2 Å². The number of hydrogen-bond acceptors (Lipinski definition) is 5. The Labute approximate surface area is 207 Å². The van der Waals surface area contributed by atoms with Crippen molar-refractivity contribution in [1.29, 1.82) is 0 Å². The molecule has 1 heterocycles. The quantitative estimate of drug-likeness (QED) is 0.457. The largest absolute Gasteiger partial charge is 0.497 e. The van der Waals surface area contributed by atoms with E-state index in [-0.39, 0.29) is 0 Å². The van der Waals surface area contributed by atoms with Crippen LogP contribution in [0.15, 0.2) is 54.6 Å². The van der Waals surface area contributed by atoms with Crippen LogP contribution in [0.3, 0.4) is 0 Å².